The maximum atomic E-state index is 14.2. The van der Waals surface area contributed by atoms with Crippen molar-refractivity contribution in [1.29, 1.82) is 0 Å². The molecule has 0 saturated carbocycles. The van der Waals surface area contributed by atoms with Crippen LogP contribution in [0, 0.1) is 6.92 Å². The molecule has 0 spiro atoms. The van der Waals surface area contributed by atoms with Gasteiger partial charge in [0, 0.05) is 18.7 Å². The van der Waals surface area contributed by atoms with Crippen molar-refractivity contribution in [3.05, 3.63) is 83.9 Å². The highest BCUT2D eigenvalue weighted by Gasteiger charge is 2.34. The third-order valence-corrected chi connectivity index (χ3v) is 9.20. The molecule has 0 heterocycles. The van der Waals surface area contributed by atoms with Crippen LogP contribution in [0.15, 0.2) is 77.7 Å². The monoisotopic (exact) mass is 609 g/mol. The molecular weight excluding hydrogens is 566 g/mol. The Morgan fingerprint density at radius 3 is 2.12 bits per heavy atom. The predicted octanol–water partition coefficient (Wildman–Crippen LogP) is 4.97. The van der Waals surface area contributed by atoms with E-state index in [1.165, 1.54) is 37.3 Å². The topological polar surface area (TPSA) is 105 Å². The van der Waals surface area contributed by atoms with E-state index in [1.807, 2.05) is 58.0 Å². The zero-order valence-corrected chi connectivity index (χ0v) is 26.7. The van der Waals surface area contributed by atoms with Crippen molar-refractivity contribution in [2.45, 2.75) is 63.9 Å². The Labute approximate surface area is 255 Å². The van der Waals surface area contributed by atoms with Gasteiger partial charge in [0.15, 0.2) is 11.5 Å². The average molecular weight is 610 g/mol. The van der Waals surface area contributed by atoms with Crippen molar-refractivity contribution in [3.8, 4) is 11.5 Å². The Morgan fingerprint density at radius 1 is 0.884 bits per heavy atom. The molecule has 232 valence electrons. The molecular formula is C33H43N3O6S. The molecule has 0 radical (unpaired) electrons. The van der Waals surface area contributed by atoms with E-state index in [4.69, 9.17) is 9.47 Å². The Hall–Kier alpha value is -4.05. The fourth-order valence-electron chi connectivity index (χ4n) is 4.68. The molecule has 0 unspecified atom stereocenters. The summed E-state index contributed by atoms with van der Waals surface area (Å²) >= 11 is 0. The Balaban J connectivity index is 2.07. The highest BCUT2D eigenvalue weighted by molar-refractivity contribution is 7.92. The van der Waals surface area contributed by atoms with Gasteiger partial charge in [0.2, 0.25) is 11.8 Å². The summed E-state index contributed by atoms with van der Waals surface area (Å²) in [5.41, 5.74) is 2.13. The molecule has 43 heavy (non-hydrogen) atoms. The fraction of sp³-hybridized carbons (Fsp3) is 0.394. The first-order chi connectivity index (χ1) is 20.5. The number of sulfonamides is 1. The minimum atomic E-state index is -4.20. The van der Waals surface area contributed by atoms with Crippen LogP contribution in [0.3, 0.4) is 0 Å². The second-order valence-electron chi connectivity index (χ2n) is 10.4. The van der Waals surface area contributed by atoms with Gasteiger partial charge in [-0.3, -0.25) is 13.9 Å². The molecule has 0 fully saturated rings. The number of nitrogens with zero attached hydrogens (tertiary/aromatic N) is 2. The number of hydrogen-bond acceptors (Lipinski definition) is 6. The van der Waals surface area contributed by atoms with Gasteiger partial charge in [0.05, 0.1) is 24.8 Å². The number of benzene rings is 3. The van der Waals surface area contributed by atoms with Crippen molar-refractivity contribution in [2.75, 3.05) is 31.6 Å². The highest BCUT2D eigenvalue weighted by atomic mass is 32.2. The van der Waals surface area contributed by atoms with E-state index in [0.29, 0.717) is 24.3 Å². The molecule has 0 bridgehead atoms. The second kappa shape index (κ2) is 15.4. The first-order valence-electron chi connectivity index (χ1n) is 14.5. The number of hydrogen-bond donors (Lipinski definition) is 1. The van der Waals surface area contributed by atoms with Crippen LogP contribution in [-0.2, 0) is 26.0 Å². The zero-order valence-electron chi connectivity index (χ0n) is 25.9. The summed E-state index contributed by atoms with van der Waals surface area (Å²) in [5, 5.41) is 2.99. The van der Waals surface area contributed by atoms with Crippen molar-refractivity contribution in [2.24, 2.45) is 0 Å². The molecule has 0 aliphatic rings. The quantitative estimate of drug-likeness (QED) is 0.261. The van der Waals surface area contributed by atoms with Gasteiger partial charge in [-0.2, -0.15) is 0 Å². The summed E-state index contributed by atoms with van der Waals surface area (Å²) in [4.78, 5) is 29.1. The summed E-state index contributed by atoms with van der Waals surface area (Å²) in [7, 11) is -1.25. The molecule has 9 nitrogen and oxygen atoms in total. The number of amides is 2. The molecule has 2 amide bonds. The SMILES string of the molecule is CC[C@@H](C)NC(=O)[C@@H](CC)N(CCc1ccccc1)C(=O)CN(c1ccc(OC)c(OC)c1)S(=O)(=O)c1ccc(C)cc1. The molecule has 0 saturated heterocycles. The van der Waals surface area contributed by atoms with E-state index in [-0.39, 0.29) is 29.1 Å². The molecule has 2 atom stereocenters. The van der Waals surface area contributed by atoms with Gasteiger partial charge in [-0.1, -0.05) is 61.9 Å². The predicted molar refractivity (Wildman–Crippen MR) is 169 cm³/mol. The summed E-state index contributed by atoms with van der Waals surface area (Å²) in [6.45, 7) is 7.31. The van der Waals surface area contributed by atoms with E-state index in [9.17, 15) is 18.0 Å². The lowest BCUT2D eigenvalue weighted by Gasteiger charge is -2.33. The Morgan fingerprint density at radius 2 is 1.53 bits per heavy atom. The largest absolute Gasteiger partial charge is 0.493 e. The summed E-state index contributed by atoms with van der Waals surface area (Å²) in [6.07, 6.45) is 1.60. The maximum absolute atomic E-state index is 14.2. The van der Waals surface area contributed by atoms with Crippen LogP contribution in [0.25, 0.3) is 0 Å². The fourth-order valence-corrected chi connectivity index (χ4v) is 6.09. The van der Waals surface area contributed by atoms with E-state index in [2.05, 4.69) is 5.32 Å². The smallest absolute Gasteiger partial charge is 0.264 e. The van der Waals surface area contributed by atoms with Crippen molar-refractivity contribution in [3.63, 3.8) is 0 Å². The minimum Gasteiger partial charge on any atom is -0.493 e. The lowest BCUT2D eigenvalue weighted by atomic mass is 10.1. The standard InChI is InChI=1S/C33H43N3O6S/c1-7-25(4)34-33(38)29(8-2)35(21-20-26-12-10-9-11-13-26)32(37)23-36(27-16-19-30(41-5)31(22-27)42-6)43(39,40)28-17-14-24(3)15-18-28/h9-19,22,25,29H,7-8,20-21,23H2,1-6H3,(H,34,38)/t25-,29-/m1/s1. The van der Waals surface area contributed by atoms with Crippen LogP contribution in [0.1, 0.15) is 44.7 Å². The Bertz CT molecular complexity index is 1460. The molecule has 3 aromatic carbocycles. The zero-order chi connectivity index (χ0) is 31.6. The number of carbonyl (C=O) groups is 2. The summed E-state index contributed by atoms with van der Waals surface area (Å²) in [6, 6.07) is 20.0. The number of carbonyl (C=O) groups excluding carboxylic acids is 2. The lowest BCUT2D eigenvalue weighted by Crippen LogP contribution is -2.54. The third-order valence-electron chi connectivity index (χ3n) is 7.41. The molecule has 3 rings (SSSR count). The van der Waals surface area contributed by atoms with Gasteiger partial charge in [0.25, 0.3) is 10.0 Å². The van der Waals surface area contributed by atoms with Crippen molar-refractivity contribution >= 4 is 27.5 Å². The second-order valence-corrected chi connectivity index (χ2v) is 12.3. The number of ether oxygens (including phenoxy) is 2. The van der Waals surface area contributed by atoms with Crippen LogP contribution in [0.5, 0.6) is 11.5 Å². The number of methoxy groups -OCH3 is 2. The van der Waals surface area contributed by atoms with Gasteiger partial charge in [-0.15, -0.1) is 0 Å². The number of nitrogens with one attached hydrogen (secondary N) is 1. The maximum Gasteiger partial charge on any atom is 0.264 e. The first kappa shape index (κ1) is 33.5. The average Bonchev–Trinajstić information content (AvgIpc) is 3.01. The summed E-state index contributed by atoms with van der Waals surface area (Å²) < 4.78 is 40.0. The van der Waals surface area contributed by atoms with Crippen molar-refractivity contribution in [1.82, 2.24) is 10.2 Å². The Kier molecular flexibility index (Phi) is 12.0. The van der Waals surface area contributed by atoms with Crippen LogP contribution in [0.2, 0.25) is 0 Å². The van der Waals surface area contributed by atoms with Crippen LogP contribution in [-0.4, -0.2) is 64.5 Å². The van der Waals surface area contributed by atoms with Crippen LogP contribution in [0.4, 0.5) is 5.69 Å². The van der Waals surface area contributed by atoms with Gasteiger partial charge in [-0.25, -0.2) is 8.42 Å². The lowest BCUT2D eigenvalue weighted by molar-refractivity contribution is -0.139. The molecule has 3 aromatic rings. The van der Waals surface area contributed by atoms with E-state index in [0.717, 1.165) is 21.9 Å². The molecule has 1 N–H and O–H groups in total. The third kappa shape index (κ3) is 8.50. The number of rotatable bonds is 15. The van der Waals surface area contributed by atoms with Crippen LogP contribution >= 0.6 is 0 Å². The van der Waals surface area contributed by atoms with Gasteiger partial charge < -0.3 is 19.7 Å². The van der Waals surface area contributed by atoms with Crippen LogP contribution < -0.4 is 19.1 Å². The van der Waals surface area contributed by atoms with E-state index < -0.39 is 28.5 Å². The van der Waals surface area contributed by atoms with Gasteiger partial charge in [0.1, 0.15) is 12.6 Å². The molecule has 0 aliphatic heterocycles. The van der Waals surface area contributed by atoms with Crippen molar-refractivity contribution < 1.29 is 27.5 Å². The van der Waals surface area contributed by atoms with Gasteiger partial charge in [-0.05, 0) is 62.9 Å². The number of aryl methyl sites for hydroxylation is 1. The molecule has 10 heteroatoms. The minimum absolute atomic E-state index is 0.0399. The van der Waals surface area contributed by atoms with E-state index in [1.54, 1.807) is 24.3 Å². The van der Waals surface area contributed by atoms with E-state index >= 15 is 0 Å². The van der Waals surface area contributed by atoms with Gasteiger partial charge >= 0.3 is 0 Å². The molecule has 0 aliphatic carbocycles. The number of anilines is 1. The normalized spacial score (nSPS) is 12.6. The first-order valence-corrected chi connectivity index (χ1v) is 15.9. The summed E-state index contributed by atoms with van der Waals surface area (Å²) in [5.74, 6) is -0.0239. The highest BCUT2D eigenvalue weighted by Crippen LogP contribution is 2.34. The molecule has 0 aromatic heterocycles.